The molecule has 0 aliphatic heterocycles. The Morgan fingerprint density at radius 2 is 1.60 bits per heavy atom. The third-order valence-electron chi connectivity index (χ3n) is 5.91. The Bertz CT molecular complexity index is 1140. The van der Waals surface area contributed by atoms with E-state index in [2.05, 4.69) is 30.9 Å². The van der Waals surface area contributed by atoms with Gasteiger partial charge in [-0.05, 0) is 25.3 Å². The van der Waals surface area contributed by atoms with Crippen LogP contribution in [0.25, 0.3) is 0 Å². The number of benzene rings is 1. The number of imidazole rings is 1. The van der Waals surface area contributed by atoms with E-state index in [1.54, 1.807) is 30.3 Å². The van der Waals surface area contributed by atoms with E-state index in [0.29, 0.717) is 11.3 Å². The SMILES string of the molecule is CC(O)C(N)C(=O)NC(Cc1cnc[nH]1)C(=O)NC(CCCN=C(N)N)C(=O)NC(Cc1ccccc1)C(=O)O. The molecule has 218 valence electrons. The maximum absolute atomic E-state index is 13.3. The lowest BCUT2D eigenvalue weighted by atomic mass is 10.0. The van der Waals surface area contributed by atoms with Crippen LogP contribution in [0, 0.1) is 0 Å². The topological polar surface area (TPSA) is 264 Å². The number of rotatable bonds is 16. The number of carbonyl (C=O) groups excluding carboxylic acids is 3. The molecule has 0 radical (unpaired) electrons. The van der Waals surface area contributed by atoms with Crippen molar-refractivity contribution in [2.24, 2.45) is 22.2 Å². The third-order valence-corrected chi connectivity index (χ3v) is 5.91. The number of aliphatic imine (C=N–C) groups is 1. The first-order valence-electron chi connectivity index (χ1n) is 12.6. The van der Waals surface area contributed by atoms with Crippen LogP contribution in [0.3, 0.4) is 0 Å². The number of aromatic amines is 1. The molecule has 2 aromatic rings. The molecule has 0 fully saturated rings. The minimum absolute atomic E-state index is 0.0202. The van der Waals surface area contributed by atoms with Gasteiger partial charge in [-0.1, -0.05) is 30.3 Å². The van der Waals surface area contributed by atoms with Gasteiger partial charge in [-0.15, -0.1) is 0 Å². The van der Waals surface area contributed by atoms with Crippen molar-refractivity contribution in [2.75, 3.05) is 6.54 Å². The van der Waals surface area contributed by atoms with Crippen LogP contribution < -0.4 is 33.2 Å². The minimum Gasteiger partial charge on any atom is -0.480 e. The first kappa shape index (κ1) is 31.7. The molecule has 0 aliphatic carbocycles. The van der Waals surface area contributed by atoms with Gasteiger partial charge in [0, 0.05) is 31.3 Å². The number of nitrogens with one attached hydrogen (secondary N) is 4. The van der Waals surface area contributed by atoms with E-state index in [1.165, 1.54) is 19.4 Å². The van der Waals surface area contributed by atoms with Crippen molar-refractivity contribution in [2.45, 2.75) is 62.9 Å². The summed E-state index contributed by atoms with van der Waals surface area (Å²) in [7, 11) is 0. The van der Waals surface area contributed by atoms with Crippen molar-refractivity contribution in [3.05, 3.63) is 54.1 Å². The van der Waals surface area contributed by atoms with Gasteiger partial charge in [0.25, 0.3) is 0 Å². The van der Waals surface area contributed by atoms with Gasteiger partial charge in [0.1, 0.15) is 24.2 Å². The smallest absolute Gasteiger partial charge is 0.326 e. The molecule has 12 N–H and O–H groups in total. The van der Waals surface area contributed by atoms with E-state index < -0.39 is 54.0 Å². The Hall–Kier alpha value is -4.50. The Balaban J connectivity index is 2.23. The van der Waals surface area contributed by atoms with Crippen LogP contribution in [0.1, 0.15) is 31.0 Å². The lowest BCUT2D eigenvalue weighted by Gasteiger charge is -2.25. The van der Waals surface area contributed by atoms with Crippen molar-refractivity contribution in [3.8, 4) is 0 Å². The van der Waals surface area contributed by atoms with Crippen LogP contribution in [0.15, 0.2) is 47.8 Å². The van der Waals surface area contributed by atoms with Gasteiger partial charge in [0.15, 0.2) is 5.96 Å². The predicted octanol–water partition coefficient (Wildman–Crippen LogP) is -2.50. The van der Waals surface area contributed by atoms with Gasteiger partial charge < -0.3 is 48.3 Å². The Kier molecular flexibility index (Phi) is 12.5. The molecule has 0 aliphatic rings. The Labute approximate surface area is 231 Å². The molecule has 5 unspecified atom stereocenters. The van der Waals surface area contributed by atoms with E-state index in [9.17, 15) is 29.4 Å². The summed E-state index contributed by atoms with van der Waals surface area (Å²) >= 11 is 0. The summed E-state index contributed by atoms with van der Waals surface area (Å²) < 4.78 is 0. The number of amides is 3. The molecule has 1 aromatic heterocycles. The first-order chi connectivity index (χ1) is 19.0. The van der Waals surface area contributed by atoms with E-state index in [-0.39, 0.29) is 38.2 Å². The maximum atomic E-state index is 13.3. The monoisotopic (exact) mass is 559 g/mol. The quantitative estimate of drug-likeness (QED) is 0.0592. The number of aromatic nitrogens is 2. The molecule has 1 heterocycles. The van der Waals surface area contributed by atoms with E-state index >= 15 is 0 Å². The number of H-pyrrole nitrogens is 1. The molecular formula is C25H37N9O6. The zero-order chi connectivity index (χ0) is 29.7. The number of nitrogens with zero attached hydrogens (tertiary/aromatic N) is 2. The normalized spacial score (nSPS) is 14.6. The number of guanidine groups is 1. The van der Waals surface area contributed by atoms with Crippen LogP contribution >= 0.6 is 0 Å². The molecule has 0 bridgehead atoms. The number of carboxylic acid groups (broad SMARTS) is 1. The van der Waals surface area contributed by atoms with Crippen molar-refractivity contribution in [1.82, 2.24) is 25.9 Å². The van der Waals surface area contributed by atoms with Gasteiger partial charge >= 0.3 is 5.97 Å². The number of aliphatic hydroxyl groups excluding tert-OH is 1. The summed E-state index contributed by atoms with van der Waals surface area (Å²) in [4.78, 5) is 61.6. The lowest BCUT2D eigenvalue weighted by molar-refractivity contribution is -0.142. The largest absolute Gasteiger partial charge is 0.480 e. The van der Waals surface area contributed by atoms with Crippen LogP contribution in [0.5, 0.6) is 0 Å². The predicted molar refractivity (Wildman–Crippen MR) is 145 cm³/mol. The van der Waals surface area contributed by atoms with Crippen LogP contribution in [-0.2, 0) is 32.0 Å². The molecule has 0 spiro atoms. The van der Waals surface area contributed by atoms with Crippen LogP contribution in [0.2, 0.25) is 0 Å². The summed E-state index contributed by atoms with van der Waals surface area (Å²) in [5, 5.41) is 27.0. The van der Waals surface area contributed by atoms with E-state index in [4.69, 9.17) is 17.2 Å². The summed E-state index contributed by atoms with van der Waals surface area (Å²) in [5.74, 6) is -3.65. The number of carbonyl (C=O) groups is 4. The van der Waals surface area contributed by atoms with Crippen LogP contribution in [-0.4, -0.2) is 86.6 Å². The molecule has 15 nitrogen and oxygen atoms in total. The molecule has 40 heavy (non-hydrogen) atoms. The van der Waals surface area contributed by atoms with Gasteiger partial charge in [-0.25, -0.2) is 9.78 Å². The highest BCUT2D eigenvalue weighted by molar-refractivity contribution is 5.94. The minimum atomic E-state index is -1.30. The molecule has 5 atom stereocenters. The third kappa shape index (κ3) is 10.7. The first-order valence-corrected chi connectivity index (χ1v) is 12.6. The van der Waals surface area contributed by atoms with Crippen molar-refractivity contribution in [3.63, 3.8) is 0 Å². The fraction of sp³-hybridized carbons (Fsp3) is 0.440. The summed E-state index contributed by atoms with van der Waals surface area (Å²) in [6.45, 7) is 1.49. The number of hydrogen-bond acceptors (Lipinski definition) is 8. The van der Waals surface area contributed by atoms with Crippen molar-refractivity contribution in [1.29, 1.82) is 0 Å². The van der Waals surface area contributed by atoms with E-state index in [0.717, 1.165) is 0 Å². The number of nitrogens with two attached hydrogens (primary N) is 3. The molecular weight excluding hydrogens is 522 g/mol. The molecule has 15 heteroatoms. The second-order valence-electron chi connectivity index (χ2n) is 9.21. The number of aliphatic carboxylic acids is 1. The van der Waals surface area contributed by atoms with Gasteiger partial charge in [0.05, 0.1) is 12.4 Å². The molecule has 2 rings (SSSR count). The molecule has 1 aromatic carbocycles. The number of hydrogen-bond donors (Lipinski definition) is 9. The highest BCUT2D eigenvalue weighted by Crippen LogP contribution is 2.07. The van der Waals surface area contributed by atoms with Crippen molar-refractivity contribution < 1.29 is 29.4 Å². The lowest BCUT2D eigenvalue weighted by Crippen LogP contribution is -2.58. The summed E-state index contributed by atoms with van der Waals surface area (Å²) in [6, 6.07) is 3.79. The van der Waals surface area contributed by atoms with Gasteiger partial charge in [0.2, 0.25) is 17.7 Å². The maximum Gasteiger partial charge on any atom is 0.326 e. The zero-order valence-electron chi connectivity index (χ0n) is 22.1. The Morgan fingerprint density at radius 3 is 2.17 bits per heavy atom. The summed E-state index contributed by atoms with van der Waals surface area (Å²) in [6.07, 6.45) is 2.00. The average Bonchev–Trinajstić information content (AvgIpc) is 3.42. The second-order valence-corrected chi connectivity index (χ2v) is 9.21. The Morgan fingerprint density at radius 1 is 0.975 bits per heavy atom. The standard InChI is InChI=1S/C25H37N9O6/c1-14(35)20(26)23(38)33-18(11-16-12-29-13-31-16)22(37)32-17(8-5-9-30-25(27)28)21(36)34-19(24(39)40)10-15-6-3-2-4-7-15/h2-4,6-7,12-14,17-20,35H,5,8-11,26H2,1H3,(H,29,31)(H,32,37)(H,33,38)(H,34,36)(H,39,40)(H4,27,28,30). The highest BCUT2D eigenvalue weighted by atomic mass is 16.4. The molecule has 0 saturated heterocycles. The number of aliphatic hydroxyl groups is 1. The van der Waals surface area contributed by atoms with Gasteiger partial charge in [-0.2, -0.15) is 0 Å². The van der Waals surface area contributed by atoms with Gasteiger partial charge in [-0.3, -0.25) is 19.4 Å². The molecule has 3 amide bonds. The summed E-state index contributed by atoms with van der Waals surface area (Å²) in [5.41, 5.74) is 17.6. The highest BCUT2D eigenvalue weighted by Gasteiger charge is 2.31. The fourth-order valence-corrected chi connectivity index (χ4v) is 3.68. The fourth-order valence-electron chi connectivity index (χ4n) is 3.68. The van der Waals surface area contributed by atoms with Crippen LogP contribution in [0.4, 0.5) is 0 Å². The second kappa shape index (κ2) is 15.8. The van der Waals surface area contributed by atoms with E-state index in [1.807, 2.05) is 0 Å². The van der Waals surface area contributed by atoms with Crippen molar-refractivity contribution >= 4 is 29.7 Å². The molecule has 0 saturated carbocycles. The number of carboxylic acids is 1. The zero-order valence-corrected chi connectivity index (χ0v) is 22.1. The average molecular weight is 560 g/mol.